The van der Waals surface area contributed by atoms with Gasteiger partial charge in [-0.3, -0.25) is 4.79 Å². The molecule has 138 valence electrons. The highest BCUT2D eigenvalue weighted by Crippen LogP contribution is 2.37. The molecule has 8 heteroatoms. The Labute approximate surface area is 160 Å². The van der Waals surface area contributed by atoms with Crippen molar-refractivity contribution in [3.05, 3.63) is 46.5 Å². The first-order valence-corrected chi connectivity index (χ1v) is 8.18. The van der Waals surface area contributed by atoms with Gasteiger partial charge in [0.25, 0.3) is 5.91 Å². The molecule has 0 bridgehead atoms. The number of nitrogens with zero attached hydrogens (tertiary/aromatic N) is 1. The van der Waals surface area contributed by atoms with Gasteiger partial charge in [-0.1, -0.05) is 11.6 Å². The summed E-state index contributed by atoms with van der Waals surface area (Å²) in [6.07, 6.45) is 1.38. The molecule has 1 N–H and O–H groups in total. The minimum absolute atomic E-state index is 0.0989. The maximum atomic E-state index is 12.5. The zero-order valence-corrected chi connectivity index (χ0v) is 15.3. The number of carbonyl (C=O) groups is 1. The van der Waals surface area contributed by atoms with Crippen LogP contribution in [0.4, 0.5) is 5.69 Å². The van der Waals surface area contributed by atoms with Crippen molar-refractivity contribution in [3.63, 3.8) is 0 Å². The average Bonchev–Trinajstić information content (AvgIpc) is 3.13. The normalized spacial score (nSPS) is 12.3. The Morgan fingerprint density at radius 1 is 1.22 bits per heavy atom. The summed E-state index contributed by atoms with van der Waals surface area (Å²) in [5, 5.41) is 12.4. The van der Waals surface area contributed by atoms with Crippen molar-refractivity contribution >= 4 is 29.3 Å². The molecule has 2 aromatic rings. The van der Waals surface area contributed by atoms with E-state index in [1.54, 1.807) is 30.3 Å². The number of hydrogen-bond acceptors (Lipinski definition) is 6. The first-order valence-electron chi connectivity index (χ1n) is 7.80. The summed E-state index contributed by atoms with van der Waals surface area (Å²) in [5.41, 5.74) is 0.740. The minimum atomic E-state index is -0.602. The fourth-order valence-electron chi connectivity index (χ4n) is 2.44. The van der Waals surface area contributed by atoms with Crippen LogP contribution in [0.3, 0.4) is 0 Å². The molecule has 0 atom stereocenters. The lowest BCUT2D eigenvalue weighted by Gasteiger charge is -2.11. The van der Waals surface area contributed by atoms with Crippen LogP contribution in [0.25, 0.3) is 6.08 Å². The zero-order chi connectivity index (χ0) is 19.4. The number of halogens is 1. The third-order valence-corrected chi connectivity index (χ3v) is 4.14. The van der Waals surface area contributed by atoms with E-state index < -0.39 is 5.91 Å². The second-order valence-electron chi connectivity index (χ2n) is 5.42. The molecule has 1 heterocycles. The molecular formula is C19H15ClN2O5. The highest BCUT2D eigenvalue weighted by atomic mass is 35.5. The van der Waals surface area contributed by atoms with E-state index in [1.807, 2.05) is 6.07 Å². The monoisotopic (exact) mass is 386 g/mol. The Morgan fingerprint density at radius 2 is 1.96 bits per heavy atom. The molecule has 0 saturated heterocycles. The summed E-state index contributed by atoms with van der Waals surface area (Å²) < 4.78 is 20.9. The number of methoxy groups -OCH3 is 2. The van der Waals surface area contributed by atoms with Crippen LogP contribution in [-0.4, -0.2) is 26.9 Å². The van der Waals surface area contributed by atoms with Crippen LogP contribution in [0.5, 0.6) is 23.0 Å². The molecule has 0 saturated carbocycles. The van der Waals surface area contributed by atoms with Gasteiger partial charge in [-0.05, 0) is 29.8 Å². The third-order valence-electron chi connectivity index (χ3n) is 3.81. The number of carbonyl (C=O) groups excluding carboxylic acids is 1. The van der Waals surface area contributed by atoms with Crippen molar-refractivity contribution < 1.29 is 23.7 Å². The van der Waals surface area contributed by atoms with Gasteiger partial charge in [0.15, 0.2) is 11.5 Å². The Morgan fingerprint density at radius 3 is 2.63 bits per heavy atom. The van der Waals surface area contributed by atoms with Gasteiger partial charge in [0.1, 0.15) is 23.1 Å². The SMILES string of the molecule is COc1ccc(NC(=O)C(C#N)=Cc2cc3c(cc2Cl)OCO3)c(OC)c1. The van der Waals surface area contributed by atoms with Gasteiger partial charge in [0, 0.05) is 12.1 Å². The molecule has 2 aromatic carbocycles. The second-order valence-corrected chi connectivity index (χ2v) is 5.82. The van der Waals surface area contributed by atoms with Crippen LogP contribution in [0.2, 0.25) is 5.02 Å². The van der Waals surface area contributed by atoms with Gasteiger partial charge < -0.3 is 24.3 Å². The zero-order valence-electron chi connectivity index (χ0n) is 14.5. The van der Waals surface area contributed by atoms with Crippen LogP contribution in [-0.2, 0) is 4.79 Å². The quantitative estimate of drug-likeness (QED) is 0.623. The van der Waals surface area contributed by atoms with Crippen molar-refractivity contribution in [3.8, 4) is 29.1 Å². The number of anilines is 1. The topological polar surface area (TPSA) is 89.8 Å². The van der Waals surface area contributed by atoms with Crippen LogP contribution in [0.15, 0.2) is 35.9 Å². The summed E-state index contributed by atoms with van der Waals surface area (Å²) >= 11 is 6.20. The van der Waals surface area contributed by atoms with Gasteiger partial charge in [-0.2, -0.15) is 5.26 Å². The number of ether oxygens (including phenoxy) is 4. The molecule has 1 aliphatic rings. The van der Waals surface area contributed by atoms with Crippen LogP contribution >= 0.6 is 11.6 Å². The number of rotatable bonds is 5. The average molecular weight is 387 g/mol. The first-order chi connectivity index (χ1) is 13.0. The van der Waals surface area contributed by atoms with E-state index in [4.69, 9.17) is 30.5 Å². The number of hydrogen-bond donors (Lipinski definition) is 1. The van der Waals surface area contributed by atoms with Crippen molar-refractivity contribution in [2.24, 2.45) is 0 Å². The van der Waals surface area contributed by atoms with Crippen LogP contribution < -0.4 is 24.3 Å². The van der Waals surface area contributed by atoms with Gasteiger partial charge in [-0.25, -0.2) is 0 Å². The van der Waals surface area contributed by atoms with E-state index in [9.17, 15) is 10.1 Å². The van der Waals surface area contributed by atoms with Gasteiger partial charge in [-0.15, -0.1) is 0 Å². The van der Waals surface area contributed by atoms with Crippen molar-refractivity contribution in [2.45, 2.75) is 0 Å². The number of fused-ring (bicyclic) bond motifs is 1. The van der Waals surface area contributed by atoms with Crippen molar-refractivity contribution in [1.29, 1.82) is 5.26 Å². The maximum absolute atomic E-state index is 12.5. The lowest BCUT2D eigenvalue weighted by atomic mass is 10.1. The minimum Gasteiger partial charge on any atom is -0.497 e. The number of benzene rings is 2. The number of nitriles is 1. The van der Waals surface area contributed by atoms with Crippen molar-refractivity contribution in [1.82, 2.24) is 0 Å². The molecule has 7 nitrogen and oxygen atoms in total. The van der Waals surface area contributed by atoms with E-state index in [0.717, 1.165) is 0 Å². The molecule has 0 unspecified atom stereocenters. The summed E-state index contributed by atoms with van der Waals surface area (Å²) in [6, 6.07) is 9.99. The first kappa shape index (κ1) is 18.4. The smallest absolute Gasteiger partial charge is 0.266 e. The predicted octanol–water partition coefficient (Wildman–Crippen LogP) is 3.63. The highest BCUT2D eigenvalue weighted by Gasteiger charge is 2.18. The Kier molecular flexibility index (Phi) is 5.38. The van der Waals surface area contributed by atoms with E-state index in [2.05, 4.69) is 5.32 Å². The van der Waals surface area contributed by atoms with Crippen LogP contribution in [0, 0.1) is 11.3 Å². The van der Waals surface area contributed by atoms with Gasteiger partial charge in [0.05, 0.1) is 24.9 Å². The molecule has 0 spiro atoms. The predicted molar refractivity (Wildman–Crippen MR) is 99.3 cm³/mol. The van der Waals surface area contributed by atoms with Crippen LogP contribution in [0.1, 0.15) is 5.56 Å². The standard InChI is InChI=1S/C19H15ClN2O5/c1-24-13-3-4-15(16(7-13)25-2)22-19(23)12(9-21)5-11-6-17-18(8-14(11)20)27-10-26-17/h3-8H,10H2,1-2H3,(H,22,23). The summed E-state index contributed by atoms with van der Waals surface area (Å²) in [6.45, 7) is 0.0989. The lowest BCUT2D eigenvalue weighted by molar-refractivity contribution is -0.112. The van der Waals surface area contributed by atoms with E-state index in [0.29, 0.717) is 39.3 Å². The summed E-state index contributed by atoms with van der Waals surface area (Å²) in [5.74, 6) is 1.40. The van der Waals surface area contributed by atoms with Gasteiger partial charge in [0.2, 0.25) is 6.79 Å². The van der Waals surface area contributed by atoms with E-state index in [-0.39, 0.29) is 12.4 Å². The summed E-state index contributed by atoms with van der Waals surface area (Å²) in [4.78, 5) is 12.5. The molecule has 0 aliphatic carbocycles. The van der Waals surface area contributed by atoms with Crippen molar-refractivity contribution in [2.75, 3.05) is 26.3 Å². The summed E-state index contributed by atoms with van der Waals surface area (Å²) in [7, 11) is 3.00. The Balaban J connectivity index is 1.87. The lowest BCUT2D eigenvalue weighted by Crippen LogP contribution is -2.14. The number of nitrogens with one attached hydrogen (secondary N) is 1. The number of amides is 1. The van der Waals surface area contributed by atoms with Gasteiger partial charge >= 0.3 is 0 Å². The molecule has 1 aliphatic heterocycles. The third kappa shape index (κ3) is 3.91. The molecule has 0 radical (unpaired) electrons. The molecule has 0 aromatic heterocycles. The second kappa shape index (κ2) is 7.89. The molecule has 0 fully saturated rings. The highest BCUT2D eigenvalue weighted by molar-refractivity contribution is 6.32. The molecular weight excluding hydrogens is 372 g/mol. The Hall–Kier alpha value is -3.37. The van der Waals surface area contributed by atoms with E-state index in [1.165, 1.54) is 20.3 Å². The molecule has 1 amide bonds. The molecule has 3 rings (SSSR count). The fourth-order valence-corrected chi connectivity index (χ4v) is 2.65. The van der Waals surface area contributed by atoms with E-state index >= 15 is 0 Å². The fraction of sp³-hybridized carbons (Fsp3) is 0.158. The maximum Gasteiger partial charge on any atom is 0.266 e. The largest absolute Gasteiger partial charge is 0.497 e. The molecule has 27 heavy (non-hydrogen) atoms. The Bertz CT molecular complexity index is 965.